The van der Waals surface area contributed by atoms with Crippen molar-refractivity contribution in [1.29, 1.82) is 0 Å². The highest BCUT2D eigenvalue weighted by Crippen LogP contribution is 2.16. The van der Waals surface area contributed by atoms with E-state index in [1.807, 2.05) is 6.20 Å². The molecule has 0 amide bonds. The molecule has 0 spiro atoms. The molecule has 0 aromatic carbocycles. The molecule has 0 bridgehead atoms. The summed E-state index contributed by atoms with van der Waals surface area (Å²) in [5, 5.41) is 7.86. The molecule has 0 aliphatic rings. The van der Waals surface area contributed by atoms with Crippen molar-refractivity contribution in [3.05, 3.63) is 18.0 Å². The van der Waals surface area contributed by atoms with Gasteiger partial charge in [0.05, 0.1) is 11.7 Å². The van der Waals surface area contributed by atoms with Gasteiger partial charge in [0, 0.05) is 12.7 Å². The Morgan fingerprint density at radius 2 is 2.19 bits per heavy atom. The van der Waals surface area contributed by atoms with E-state index in [2.05, 4.69) is 54.0 Å². The number of rotatable bonds is 7. The first-order valence-corrected chi connectivity index (χ1v) is 6.08. The first-order valence-electron chi connectivity index (χ1n) is 6.08. The molecule has 0 fully saturated rings. The lowest BCUT2D eigenvalue weighted by molar-refractivity contribution is 0.354. The average Bonchev–Trinajstić information content (AvgIpc) is 2.71. The molecule has 16 heavy (non-hydrogen) atoms. The van der Waals surface area contributed by atoms with Crippen LogP contribution in [0.25, 0.3) is 0 Å². The molecule has 1 aromatic rings. The molecule has 1 heterocycles. The molecule has 0 radical (unpaired) electrons. The van der Waals surface area contributed by atoms with Crippen LogP contribution in [0.2, 0.25) is 0 Å². The zero-order valence-corrected chi connectivity index (χ0v) is 10.9. The van der Waals surface area contributed by atoms with E-state index in [-0.39, 0.29) is 0 Å². The van der Waals surface area contributed by atoms with Gasteiger partial charge in [0.25, 0.3) is 0 Å². The number of hydrogen-bond donors (Lipinski definition) is 1. The second-order valence-electron chi connectivity index (χ2n) is 4.27. The van der Waals surface area contributed by atoms with Gasteiger partial charge in [0.2, 0.25) is 0 Å². The summed E-state index contributed by atoms with van der Waals surface area (Å²) in [4.78, 5) is 2.22. The van der Waals surface area contributed by atoms with Crippen LogP contribution in [-0.2, 0) is 6.54 Å². The van der Waals surface area contributed by atoms with E-state index in [4.69, 9.17) is 0 Å². The molecule has 4 nitrogen and oxygen atoms in total. The third-order valence-electron chi connectivity index (χ3n) is 2.72. The maximum absolute atomic E-state index is 4.33. The summed E-state index contributed by atoms with van der Waals surface area (Å²) in [6, 6.07) is 2.53. The number of aryl methyl sites for hydroxylation is 1. The third kappa shape index (κ3) is 3.61. The van der Waals surface area contributed by atoms with Crippen LogP contribution in [0.1, 0.15) is 32.0 Å². The Morgan fingerprint density at radius 3 is 2.75 bits per heavy atom. The highest BCUT2D eigenvalue weighted by molar-refractivity contribution is 5.07. The number of aromatic nitrogens is 2. The molecular formula is C12H24N4. The van der Waals surface area contributed by atoms with Gasteiger partial charge in [-0.1, -0.05) is 6.92 Å². The molecule has 92 valence electrons. The molecule has 0 saturated carbocycles. The second-order valence-corrected chi connectivity index (χ2v) is 4.27. The molecule has 0 aliphatic heterocycles. The van der Waals surface area contributed by atoms with Gasteiger partial charge in [0.15, 0.2) is 0 Å². The van der Waals surface area contributed by atoms with Gasteiger partial charge in [-0.05, 0) is 46.6 Å². The summed E-state index contributed by atoms with van der Waals surface area (Å²) in [6.45, 7) is 7.30. The Morgan fingerprint density at radius 1 is 1.44 bits per heavy atom. The monoisotopic (exact) mass is 224 g/mol. The maximum Gasteiger partial charge on any atom is 0.0553 e. The Balaban J connectivity index is 2.68. The molecule has 1 N–H and O–H groups in total. The summed E-state index contributed by atoms with van der Waals surface area (Å²) >= 11 is 0. The van der Waals surface area contributed by atoms with Crippen LogP contribution in [0.15, 0.2) is 12.3 Å². The first-order chi connectivity index (χ1) is 7.69. The topological polar surface area (TPSA) is 33.1 Å². The van der Waals surface area contributed by atoms with Gasteiger partial charge in [-0.2, -0.15) is 5.10 Å². The maximum atomic E-state index is 4.33. The lowest BCUT2D eigenvalue weighted by Crippen LogP contribution is -2.27. The van der Waals surface area contributed by atoms with Crippen LogP contribution >= 0.6 is 0 Å². The molecule has 1 rings (SSSR count). The van der Waals surface area contributed by atoms with E-state index in [1.165, 1.54) is 5.69 Å². The Hall–Kier alpha value is -0.870. The fraction of sp³-hybridized carbons (Fsp3) is 0.750. The van der Waals surface area contributed by atoms with Gasteiger partial charge >= 0.3 is 0 Å². The normalized spacial score (nSPS) is 13.3. The lowest BCUT2D eigenvalue weighted by Gasteiger charge is -2.21. The highest BCUT2D eigenvalue weighted by Gasteiger charge is 2.14. The SMILES string of the molecule is CCNC(CCN(C)C)c1ccnn1CC. The molecule has 1 atom stereocenters. The fourth-order valence-corrected chi connectivity index (χ4v) is 1.89. The zero-order chi connectivity index (χ0) is 12.0. The third-order valence-corrected chi connectivity index (χ3v) is 2.72. The van der Waals surface area contributed by atoms with Gasteiger partial charge in [-0.15, -0.1) is 0 Å². The number of nitrogens with one attached hydrogen (secondary N) is 1. The lowest BCUT2D eigenvalue weighted by atomic mass is 10.1. The van der Waals surface area contributed by atoms with Crippen molar-refractivity contribution in [3.8, 4) is 0 Å². The minimum absolute atomic E-state index is 0.412. The van der Waals surface area contributed by atoms with Crippen molar-refractivity contribution in [2.75, 3.05) is 27.2 Å². The van der Waals surface area contributed by atoms with Crippen molar-refractivity contribution in [3.63, 3.8) is 0 Å². The highest BCUT2D eigenvalue weighted by atomic mass is 15.3. The summed E-state index contributed by atoms with van der Waals surface area (Å²) < 4.78 is 2.07. The van der Waals surface area contributed by atoms with Crippen molar-refractivity contribution in [2.45, 2.75) is 32.9 Å². The van der Waals surface area contributed by atoms with E-state index in [9.17, 15) is 0 Å². The molecule has 4 heteroatoms. The van der Waals surface area contributed by atoms with Gasteiger partial charge in [-0.25, -0.2) is 0 Å². The quantitative estimate of drug-likeness (QED) is 0.762. The smallest absolute Gasteiger partial charge is 0.0553 e. The number of hydrogen-bond acceptors (Lipinski definition) is 3. The largest absolute Gasteiger partial charge is 0.309 e. The van der Waals surface area contributed by atoms with Gasteiger partial charge in [0.1, 0.15) is 0 Å². The van der Waals surface area contributed by atoms with E-state index in [0.717, 1.165) is 26.1 Å². The van der Waals surface area contributed by atoms with E-state index >= 15 is 0 Å². The molecule has 0 saturated heterocycles. The summed E-state index contributed by atoms with van der Waals surface area (Å²) in [7, 11) is 4.22. The van der Waals surface area contributed by atoms with Gasteiger partial charge in [-0.3, -0.25) is 4.68 Å². The van der Waals surface area contributed by atoms with Crippen molar-refractivity contribution in [1.82, 2.24) is 20.0 Å². The van der Waals surface area contributed by atoms with E-state index < -0.39 is 0 Å². The first kappa shape index (κ1) is 13.2. The van der Waals surface area contributed by atoms with Crippen LogP contribution in [0.5, 0.6) is 0 Å². The Bertz CT molecular complexity index is 293. The molecule has 1 unspecified atom stereocenters. The number of nitrogens with zero attached hydrogens (tertiary/aromatic N) is 3. The van der Waals surface area contributed by atoms with E-state index in [1.54, 1.807) is 0 Å². The predicted octanol–water partition coefficient (Wildman–Crippen LogP) is 1.51. The Labute approximate surface area is 98.6 Å². The van der Waals surface area contributed by atoms with Crippen LogP contribution < -0.4 is 5.32 Å². The van der Waals surface area contributed by atoms with Crippen LogP contribution in [0, 0.1) is 0 Å². The Kier molecular flexibility index (Phi) is 5.49. The van der Waals surface area contributed by atoms with Gasteiger partial charge < -0.3 is 10.2 Å². The summed E-state index contributed by atoms with van der Waals surface area (Å²) in [5.74, 6) is 0. The minimum Gasteiger partial charge on any atom is -0.309 e. The molecular weight excluding hydrogens is 200 g/mol. The second kappa shape index (κ2) is 6.66. The average molecular weight is 224 g/mol. The molecule has 0 aliphatic carbocycles. The minimum atomic E-state index is 0.412. The van der Waals surface area contributed by atoms with Crippen LogP contribution in [-0.4, -0.2) is 41.9 Å². The summed E-state index contributed by atoms with van der Waals surface area (Å²) in [6.07, 6.45) is 3.01. The predicted molar refractivity (Wildman–Crippen MR) is 67.5 cm³/mol. The van der Waals surface area contributed by atoms with Crippen molar-refractivity contribution < 1.29 is 0 Å². The zero-order valence-electron chi connectivity index (χ0n) is 10.9. The molecule has 1 aromatic heterocycles. The van der Waals surface area contributed by atoms with Crippen LogP contribution in [0.4, 0.5) is 0 Å². The standard InChI is InChI=1S/C12H24N4/c1-5-13-11(8-10-15(3)4)12-7-9-14-16(12)6-2/h7,9,11,13H,5-6,8,10H2,1-4H3. The fourth-order valence-electron chi connectivity index (χ4n) is 1.89. The van der Waals surface area contributed by atoms with Crippen molar-refractivity contribution >= 4 is 0 Å². The summed E-state index contributed by atoms with van der Waals surface area (Å²) in [5.41, 5.74) is 1.30. The van der Waals surface area contributed by atoms with Crippen molar-refractivity contribution in [2.24, 2.45) is 0 Å². The van der Waals surface area contributed by atoms with Crippen LogP contribution in [0.3, 0.4) is 0 Å². The van der Waals surface area contributed by atoms with E-state index in [0.29, 0.717) is 6.04 Å².